The number of pyridine rings is 1. The summed E-state index contributed by atoms with van der Waals surface area (Å²) in [5.41, 5.74) is 2.73. The van der Waals surface area contributed by atoms with E-state index >= 15 is 0 Å². The monoisotopic (exact) mass is 562 g/mol. The zero-order valence-electron chi connectivity index (χ0n) is 21.4. The molecule has 0 aliphatic carbocycles. The Balaban J connectivity index is 1.34. The highest BCUT2D eigenvalue weighted by Gasteiger charge is 2.33. The molecule has 0 spiro atoms. The van der Waals surface area contributed by atoms with Gasteiger partial charge in [0.1, 0.15) is 0 Å². The number of aromatic nitrogens is 1. The van der Waals surface area contributed by atoms with Crippen LogP contribution in [-0.2, 0) is 15.7 Å². The Hall–Kier alpha value is -3.34. The molecule has 2 amide bonds. The van der Waals surface area contributed by atoms with Gasteiger partial charge < -0.3 is 25.0 Å². The number of fused-ring (bicyclic) bond motifs is 1. The van der Waals surface area contributed by atoms with Crippen LogP contribution in [0.1, 0.15) is 36.3 Å². The maximum Gasteiger partial charge on any atom is 0.417 e. The van der Waals surface area contributed by atoms with E-state index in [-0.39, 0.29) is 5.69 Å². The molecular weight excluding hydrogens is 533 g/mol. The van der Waals surface area contributed by atoms with E-state index in [0.717, 1.165) is 49.3 Å². The quantitative estimate of drug-likeness (QED) is 0.237. The molecule has 208 valence electrons. The van der Waals surface area contributed by atoms with Crippen molar-refractivity contribution in [1.29, 1.82) is 0 Å². The van der Waals surface area contributed by atoms with Crippen molar-refractivity contribution in [3.05, 3.63) is 77.1 Å². The maximum atomic E-state index is 13.1. The van der Waals surface area contributed by atoms with Gasteiger partial charge in [0, 0.05) is 49.4 Å². The van der Waals surface area contributed by atoms with E-state index in [2.05, 4.69) is 26.6 Å². The molecule has 3 aromatic rings. The van der Waals surface area contributed by atoms with Crippen LogP contribution in [0.25, 0.3) is 0 Å². The molecule has 1 aromatic heterocycles. The minimum Gasteiger partial charge on any atom is -0.382 e. The number of hydrogen-bond donors (Lipinski definition) is 2. The summed E-state index contributed by atoms with van der Waals surface area (Å²) < 4.78 is 49.8. The Labute approximate surface area is 230 Å². The summed E-state index contributed by atoms with van der Waals surface area (Å²) in [7, 11) is 1.66. The van der Waals surface area contributed by atoms with Crippen LogP contribution in [0.3, 0.4) is 0 Å². The standard InChI is InChI=1S/C28H30ClF3N4O3/c1-38-14-15-39-13-3-2-4-19-18-36(26-17-33-12-11-23(19)26)22-8-5-20(6-9-22)34-27(37)35-21-7-10-25(29)24(16-21)28(30,31)32/h5-12,16-17,19H,2-4,13-15,18H2,1H3,(H2,34,35,37). The molecule has 0 bridgehead atoms. The predicted octanol–water partition coefficient (Wildman–Crippen LogP) is 7.47. The second kappa shape index (κ2) is 13.1. The number of anilines is 4. The van der Waals surface area contributed by atoms with Crippen molar-refractivity contribution >= 4 is 40.4 Å². The zero-order chi connectivity index (χ0) is 27.8. The molecule has 11 heteroatoms. The highest BCUT2D eigenvalue weighted by Crippen LogP contribution is 2.42. The average molecular weight is 563 g/mol. The number of halogens is 4. The number of ether oxygens (including phenoxy) is 2. The van der Waals surface area contributed by atoms with E-state index in [9.17, 15) is 18.0 Å². The fourth-order valence-corrected chi connectivity index (χ4v) is 4.78. The van der Waals surface area contributed by atoms with E-state index in [1.807, 2.05) is 24.5 Å². The number of benzene rings is 2. The van der Waals surface area contributed by atoms with Crippen molar-refractivity contribution in [2.24, 2.45) is 0 Å². The van der Waals surface area contributed by atoms with Gasteiger partial charge in [-0.1, -0.05) is 18.0 Å². The number of nitrogens with one attached hydrogen (secondary N) is 2. The van der Waals surface area contributed by atoms with E-state index in [1.165, 1.54) is 11.6 Å². The smallest absolute Gasteiger partial charge is 0.382 e. The molecule has 1 unspecified atom stereocenters. The first-order chi connectivity index (χ1) is 18.8. The second-order valence-electron chi connectivity index (χ2n) is 9.16. The number of rotatable bonds is 11. The summed E-state index contributed by atoms with van der Waals surface area (Å²) in [5.74, 6) is 0.367. The van der Waals surface area contributed by atoms with Crippen molar-refractivity contribution in [2.75, 3.05) is 49.0 Å². The first-order valence-electron chi connectivity index (χ1n) is 12.6. The maximum absolute atomic E-state index is 13.1. The lowest BCUT2D eigenvalue weighted by Crippen LogP contribution is -2.20. The molecule has 0 saturated carbocycles. The van der Waals surface area contributed by atoms with Crippen LogP contribution in [-0.4, -0.2) is 44.5 Å². The minimum atomic E-state index is -4.62. The molecule has 7 nitrogen and oxygen atoms in total. The number of carbonyl (C=O) groups excluding carboxylic acids is 1. The van der Waals surface area contributed by atoms with Gasteiger partial charge in [-0.25, -0.2) is 4.79 Å². The van der Waals surface area contributed by atoms with Crippen LogP contribution in [0.4, 0.5) is 40.7 Å². The molecule has 39 heavy (non-hydrogen) atoms. The van der Waals surface area contributed by atoms with Gasteiger partial charge in [0.2, 0.25) is 0 Å². The topological polar surface area (TPSA) is 75.7 Å². The van der Waals surface area contributed by atoms with Crippen LogP contribution in [0.5, 0.6) is 0 Å². The summed E-state index contributed by atoms with van der Waals surface area (Å²) in [6.07, 6.45) is 2.11. The van der Waals surface area contributed by atoms with Gasteiger partial charge in [-0.2, -0.15) is 13.2 Å². The molecule has 1 aliphatic rings. The lowest BCUT2D eigenvalue weighted by atomic mass is 9.96. The second-order valence-corrected chi connectivity index (χ2v) is 9.57. The molecule has 2 N–H and O–H groups in total. The van der Waals surface area contributed by atoms with Crippen LogP contribution in [0, 0.1) is 0 Å². The molecule has 1 aliphatic heterocycles. The van der Waals surface area contributed by atoms with Gasteiger partial charge in [-0.3, -0.25) is 4.98 Å². The zero-order valence-corrected chi connectivity index (χ0v) is 22.2. The van der Waals surface area contributed by atoms with Crippen LogP contribution >= 0.6 is 11.6 Å². The number of amides is 2. The SMILES string of the molecule is COCCOCCCCC1CN(c2ccc(NC(=O)Nc3ccc(Cl)c(C(F)(F)F)c3)cc2)c2cnccc21. The number of nitrogens with zero attached hydrogens (tertiary/aromatic N) is 2. The van der Waals surface area contributed by atoms with Crippen molar-refractivity contribution < 1.29 is 27.4 Å². The number of alkyl halides is 3. The molecule has 0 saturated heterocycles. The Morgan fingerprint density at radius 2 is 1.79 bits per heavy atom. The number of urea groups is 1. The van der Waals surface area contributed by atoms with Crippen molar-refractivity contribution in [3.63, 3.8) is 0 Å². The summed E-state index contributed by atoms with van der Waals surface area (Å²) in [5, 5.41) is 4.63. The lowest BCUT2D eigenvalue weighted by Gasteiger charge is -2.20. The third-order valence-corrected chi connectivity index (χ3v) is 6.79. The molecule has 2 heterocycles. The average Bonchev–Trinajstić information content (AvgIpc) is 3.28. The third-order valence-electron chi connectivity index (χ3n) is 6.46. The van der Waals surface area contributed by atoms with Crippen LogP contribution in [0.15, 0.2) is 60.9 Å². The number of hydrogen-bond acceptors (Lipinski definition) is 5. The number of unbranched alkanes of at least 4 members (excludes halogenated alkanes) is 1. The first kappa shape index (κ1) is 28.7. The van der Waals surface area contributed by atoms with E-state index < -0.39 is 22.8 Å². The van der Waals surface area contributed by atoms with Crippen molar-refractivity contribution in [2.45, 2.75) is 31.4 Å². The predicted molar refractivity (Wildman–Crippen MR) is 146 cm³/mol. The van der Waals surface area contributed by atoms with Gasteiger partial charge in [0.15, 0.2) is 0 Å². The summed E-state index contributed by atoms with van der Waals surface area (Å²) >= 11 is 5.64. The van der Waals surface area contributed by atoms with Gasteiger partial charge in [0.25, 0.3) is 0 Å². The van der Waals surface area contributed by atoms with Gasteiger partial charge in [-0.05, 0) is 66.9 Å². The normalized spacial score (nSPS) is 14.8. The van der Waals surface area contributed by atoms with Gasteiger partial charge in [-0.15, -0.1) is 0 Å². The largest absolute Gasteiger partial charge is 0.417 e. The summed E-state index contributed by atoms with van der Waals surface area (Å²) in [4.78, 5) is 18.9. The number of methoxy groups -OCH3 is 1. The van der Waals surface area contributed by atoms with Crippen LogP contribution in [0.2, 0.25) is 5.02 Å². The molecule has 2 aromatic carbocycles. The molecule has 0 fully saturated rings. The highest BCUT2D eigenvalue weighted by molar-refractivity contribution is 6.31. The molecular formula is C28H30ClF3N4O3. The summed E-state index contributed by atoms with van der Waals surface area (Å²) in [6.45, 7) is 2.74. The number of carbonyl (C=O) groups is 1. The third kappa shape index (κ3) is 7.62. The fraction of sp³-hybridized carbons (Fsp3) is 0.357. The lowest BCUT2D eigenvalue weighted by molar-refractivity contribution is -0.137. The van der Waals surface area contributed by atoms with Gasteiger partial charge in [0.05, 0.1) is 35.7 Å². The summed E-state index contributed by atoms with van der Waals surface area (Å²) in [6, 6.07) is 11.9. The van der Waals surface area contributed by atoms with Crippen molar-refractivity contribution in [3.8, 4) is 0 Å². The first-order valence-corrected chi connectivity index (χ1v) is 13.0. The molecule has 0 radical (unpaired) electrons. The minimum absolute atomic E-state index is 0.0189. The fourth-order valence-electron chi connectivity index (χ4n) is 4.55. The van der Waals surface area contributed by atoms with E-state index in [1.54, 1.807) is 19.2 Å². The highest BCUT2D eigenvalue weighted by atomic mass is 35.5. The van der Waals surface area contributed by atoms with Crippen LogP contribution < -0.4 is 15.5 Å². The van der Waals surface area contributed by atoms with E-state index in [0.29, 0.717) is 31.4 Å². The Morgan fingerprint density at radius 1 is 1.05 bits per heavy atom. The Morgan fingerprint density at radius 3 is 2.54 bits per heavy atom. The Kier molecular flexibility index (Phi) is 9.66. The molecule has 4 rings (SSSR count). The van der Waals surface area contributed by atoms with E-state index in [4.69, 9.17) is 21.1 Å². The Bertz CT molecular complexity index is 1260. The molecule has 1 atom stereocenters. The van der Waals surface area contributed by atoms with Crippen molar-refractivity contribution in [1.82, 2.24) is 4.98 Å². The van der Waals surface area contributed by atoms with Gasteiger partial charge >= 0.3 is 12.2 Å².